The van der Waals surface area contributed by atoms with Gasteiger partial charge in [-0.25, -0.2) is 13.4 Å². The monoisotopic (exact) mass is 458 g/mol. The fourth-order valence-electron chi connectivity index (χ4n) is 3.15. The standard InChI is InChI=1S/C21H22N4O4S2/c1-12-8-17(29-5)19(9-13(12)2)31(26,27)24-20-10-14(3)23-25(20)21-22-16-7-6-15(28-4)11-18(16)30-21/h6-11,24H,1-5H3. The van der Waals surface area contributed by atoms with Gasteiger partial charge in [0.15, 0.2) is 0 Å². The third-order valence-corrected chi connectivity index (χ3v) is 7.28. The van der Waals surface area contributed by atoms with Crippen molar-refractivity contribution in [3.8, 4) is 16.6 Å². The van der Waals surface area contributed by atoms with Crippen molar-refractivity contribution in [1.82, 2.24) is 14.8 Å². The van der Waals surface area contributed by atoms with Crippen LogP contribution in [0.2, 0.25) is 0 Å². The fraction of sp³-hybridized carbons (Fsp3) is 0.238. The van der Waals surface area contributed by atoms with Crippen LogP contribution >= 0.6 is 11.3 Å². The zero-order chi connectivity index (χ0) is 22.3. The van der Waals surface area contributed by atoms with Gasteiger partial charge in [0.1, 0.15) is 22.2 Å². The number of fused-ring (bicyclic) bond motifs is 1. The summed E-state index contributed by atoms with van der Waals surface area (Å²) in [7, 11) is -0.876. The molecule has 0 radical (unpaired) electrons. The van der Waals surface area contributed by atoms with Gasteiger partial charge in [-0.1, -0.05) is 11.3 Å². The van der Waals surface area contributed by atoms with Crippen LogP contribution in [0.25, 0.3) is 15.3 Å². The van der Waals surface area contributed by atoms with E-state index in [0.29, 0.717) is 16.6 Å². The maximum Gasteiger partial charge on any atom is 0.266 e. The lowest BCUT2D eigenvalue weighted by Crippen LogP contribution is -2.17. The van der Waals surface area contributed by atoms with Crippen molar-refractivity contribution in [2.45, 2.75) is 25.7 Å². The molecule has 4 rings (SSSR count). The van der Waals surface area contributed by atoms with E-state index in [9.17, 15) is 8.42 Å². The van der Waals surface area contributed by atoms with Crippen LogP contribution in [0.3, 0.4) is 0 Å². The Kier molecular flexibility index (Phi) is 5.36. The SMILES string of the molecule is COc1ccc2nc(-n3nc(C)cc3NS(=O)(=O)c3cc(C)c(C)cc3OC)sc2c1. The van der Waals surface area contributed by atoms with Crippen molar-refractivity contribution < 1.29 is 17.9 Å². The molecule has 8 nitrogen and oxygen atoms in total. The maximum absolute atomic E-state index is 13.2. The Labute approximate surface area is 184 Å². The Hall–Kier alpha value is -3.11. The van der Waals surface area contributed by atoms with E-state index < -0.39 is 10.0 Å². The van der Waals surface area contributed by atoms with E-state index in [-0.39, 0.29) is 10.6 Å². The Balaban J connectivity index is 1.77. The summed E-state index contributed by atoms with van der Waals surface area (Å²) in [5.74, 6) is 1.30. The summed E-state index contributed by atoms with van der Waals surface area (Å²) in [6.07, 6.45) is 0. The number of aryl methyl sites for hydroxylation is 3. The molecule has 2 aromatic carbocycles. The van der Waals surface area contributed by atoms with E-state index in [2.05, 4.69) is 14.8 Å². The predicted octanol–water partition coefficient (Wildman–Crippen LogP) is 4.23. The molecule has 2 aromatic heterocycles. The van der Waals surface area contributed by atoms with Gasteiger partial charge in [-0.3, -0.25) is 4.72 Å². The summed E-state index contributed by atoms with van der Waals surface area (Å²) in [6, 6.07) is 10.6. The topological polar surface area (TPSA) is 95.3 Å². The first-order valence-electron chi connectivity index (χ1n) is 9.41. The van der Waals surface area contributed by atoms with Gasteiger partial charge in [-0.15, -0.1) is 0 Å². The lowest BCUT2D eigenvalue weighted by molar-refractivity contribution is 0.402. The van der Waals surface area contributed by atoms with Crippen LogP contribution in [0, 0.1) is 20.8 Å². The highest BCUT2D eigenvalue weighted by molar-refractivity contribution is 7.92. The molecule has 0 fully saturated rings. The maximum atomic E-state index is 13.2. The van der Waals surface area contributed by atoms with E-state index >= 15 is 0 Å². The number of sulfonamides is 1. The van der Waals surface area contributed by atoms with Crippen LogP contribution in [0.4, 0.5) is 5.82 Å². The van der Waals surface area contributed by atoms with E-state index in [1.54, 1.807) is 32.2 Å². The van der Waals surface area contributed by atoms with Crippen molar-refractivity contribution in [2.75, 3.05) is 18.9 Å². The van der Waals surface area contributed by atoms with Gasteiger partial charge in [0.05, 0.1) is 30.1 Å². The first-order chi connectivity index (χ1) is 14.7. The number of methoxy groups -OCH3 is 2. The first kappa shape index (κ1) is 21.1. The van der Waals surface area contributed by atoms with E-state index in [1.807, 2.05) is 32.0 Å². The number of nitrogens with zero attached hydrogens (tertiary/aromatic N) is 3. The Morgan fingerprint density at radius 2 is 1.74 bits per heavy atom. The molecule has 0 unspecified atom stereocenters. The van der Waals surface area contributed by atoms with Crippen molar-refractivity contribution in [3.05, 3.63) is 53.2 Å². The molecule has 0 atom stereocenters. The number of thiazole rings is 1. The Morgan fingerprint density at radius 1 is 1.00 bits per heavy atom. The highest BCUT2D eigenvalue weighted by Gasteiger charge is 2.24. The second-order valence-electron chi connectivity index (χ2n) is 7.11. The zero-order valence-electron chi connectivity index (χ0n) is 17.8. The van der Waals surface area contributed by atoms with E-state index in [4.69, 9.17) is 9.47 Å². The van der Waals surface area contributed by atoms with Crippen LogP contribution in [-0.4, -0.2) is 37.4 Å². The van der Waals surface area contributed by atoms with Gasteiger partial charge >= 0.3 is 0 Å². The second kappa shape index (κ2) is 7.86. The summed E-state index contributed by atoms with van der Waals surface area (Å²) in [4.78, 5) is 4.67. The van der Waals surface area contributed by atoms with Crippen LogP contribution in [0.5, 0.6) is 11.5 Å². The molecule has 4 aromatic rings. The van der Waals surface area contributed by atoms with Crippen LogP contribution in [0.15, 0.2) is 41.3 Å². The van der Waals surface area contributed by atoms with E-state index in [0.717, 1.165) is 27.1 Å². The molecular weight excluding hydrogens is 436 g/mol. The van der Waals surface area contributed by atoms with Crippen LogP contribution < -0.4 is 14.2 Å². The molecule has 0 amide bonds. The quantitative estimate of drug-likeness (QED) is 0.465. The number of aromatic nitrogens is 3. The van der Waals surface area contributed by atoms with Crippen LogP contribution in [-0.2, 0) is 10.0 Å². The van der Waals surface area contributed by atoms with Crippen molar-refractivity contribution >= 4 is 37.4 Å². The molecule has 0 aliphatic rings. The average Bonchev–Trinajstić information content (AvgIpc) is 3.31. The minimum absolute atomic E-state index is 0.0672. The summed E-state index contributed by atoms with van der Waals surface area (Å²) < 4.78 is 42.1. The summed E-state index contributed by atoms with van der Waals surface area (Å²) in [5, 5.41) is 4.99. The molecule has 0 bridgehead atoms. The number of rotatable bonds is 6. The molecule has 10 heteroatoms. The van der Waals surface area contributed by atoms with Crippen LogP contribution in [0.1, 0.15) is 16.8 Å². The molecule has 31 heavy (non-hydrogen) atoms. The molecule has 0 aliphatic heterocycles. The fourth-order valence-corrected chi connectivity index (χ4v) is 5.38. The second-order valence-corrected chi connectivity index (χ2v) is 9.77. The first-order valence-corrected chi connectivity index (χ1v) is 11.7. The van der Waals surface area contributed by atoms with E-state index in [1.165, 1.54) is 23.1 Å². The van der Waals surface area contributed by atoms with Gasteiger partial charge in [0.25, 0.3) is 10.0 Å². The van der Waals surface area contributed by atoms with Gasteiger partial charge in [0.2, 0.25) is 5.13 Å². The highest BCUT2D eigenvalue weighted by atomic mass is 32.2. The van der Waals surface area contributed by atoms with Crippen molar-refractivity contribution in [2.24, 2.45) is 0 Å². The third kappa shape index (κ3) is 3.96. The Bertz CT molecular complexity index is 1390. The number of anilines is 1. The predicted molar refractivity (Wildman–Crippen MR) is 121 cm³/mol. The highest BCUT2D eigenvalue weighted by Crippen LogP contribution is 2.32. The van der Waals surface area contributed by atoms with Gasteiger partial charge in [-0.2, -0.15) is 9.78 Å². The molecule has 0 saturated heterocycles. The molecular formula is C21H22N4O4S2. The number of hydrogen-bond acceptors (Lipinski definition) is 7. The molecule has 2 heterocycles. The molecule has 0 spiro atoms. The van der Waals surface area contributed by atoms with Gasteiger partial charge in [0, 0.05) is 6.07 Å². The largest absolute Gasteiger partial charge is 0.497 e. The average molecular weight is 459 g/mol. The lowest BCUT2D eigenvalue weighted by Gasteiger charge is -2.14. The number of ether oxygens (including phenoxy) is 2. The molecule has 1 N–H and O–H groups in total. The summed E-state index contributed by atoms with van der Waals surface area (Å²) in [6.45, 7) is 5.56. The minimum atomic E-state index is -3.93. The Morgan fingerprint density at radius 3 is 2.45 bits per heavy atom. The molecule has 162 valence electrons. The molecule has 0 saturated carbocycles. The number of nitrogens with one attached hydrogen (secondary N) is 1. The summed E-state index contributed by atoms with van der Waals surface area (Å²) in [5.41, 5.74) is 3.23. The van der Waals surface area contributed by atoms with Gasteiger partial charge < -0.3 is 9.47 Å². The smallest absolute Gasteiger partial charge is 0.266 e. The minimum Gasteiger partial charge on any atom is -0.497 e. The van der Waals surface area contributed by atoms with Gasteiger partial charge in [-0.05, 0) is 62.2 Å². The zero-order valence-corrected chi connectivity index (χ0v) is 19.4. The number of benzene rings is 2. The summed E-state index contributed by atoms with van der Waals surface area (Å²) >= 11 is 1.39. The lowest BCUT2D eigenvalue weighted by atomic mass is 10.1. The third-order valence-electron chi connectivity index (χ3n) is 4.91. The normalized spacial score (nSPS) is 11.6. The van der Waals surface area contributed by atoms with Crippen molar-refractivity contribution in [1.29, 1.82) is 0 Å². The van der Waals surface area contributed by atoms with Crippen molar-refractivity contribution in [3.63, 3.8) is 0 Å². The molecule has 0 aliphatic carbocycles. The number of hydrogen-bond donors (Lipinski definition) is 1.